The molecule has 0 aliphatic carbocycles. The van der Waals surface area contributed by atoms with Crippen molar-refractivity contribution >= 4 is 5.97 Å². The number of ether oxygens (including phenoxy) is 1. The standard InChI is InChI=1S/C11H14N2O5/c14-9-8(10(15)16)6-13(11(17)12-9)5-7-3-1-2-4-18-7/h6-7H,1-5H2,(H,15,16)(H,12,14,17). The molecule has 1 saturated heterocycles. The van der Waals surface area contributed by atoms with Crippen molar-refractivity contribution in [2.45, 2.75) is 31.9 Å². The van der Waals surface area contributed by atoms with Crippen molar-refractivity contribution in [3.63, 3.8) is 0 Å². The fraction of sp³-hybridized carbons (Fsp3) is 0.545. The molecule has 0 radical (unpaired) electrons. The zero-order chi connectivity index (χ0) is 13.1. The Labute approximate surface area is 102 Å². The SMILES string of the molecule is O=C(O)c1cn(CC2CCCCO2)c(=O)[nH]c1=O. The first-order chi connectivity index (χ1) is 8.58. The molecule has 0 saturated carbocycles. The molecule has 2 N–H and O–H groups in total. The summed E-state index contributed by atoms with van der Waals surface area (Å²) in [6.45, 7) is 0.907. The van der Waals surface area contributed by atoms with Gasteiger partial charge >= 0.3 is 11.7 Å². The third kappa shape index (κ3) is 2.67. The van der Waals surface area contributed by atoms with Gasteiger partial charge in [0.1, 0.15) is 5.56 Å². The summed E-state index contributed by atoms with van der Waals surface area (Å²) in [6, 6.07) is 0. The van der Waals surface area contributed by atoms with Crippen molar-refractivity contribution in [2.24, 2.45) is 0 Å². The highest BCUT2D eigenvalue weighted by molar-refractivity contribution is 5.86. The van der Waals surface area contributed by atoms with Gasteiger partial charge in [-0.05, 0) is 19.3 Å². The van der Waals surface area contributed by atoms with E-state index in [0.717, 1.165) is 25.5 Å². The number of rotatable bonds is 3. The van der Waals surface area contributed by atoms with Gasteiger partial charge in [0.05, 0.1) is 12.6 Å². The number of hydrogen-bond donors (Lipinski definition) is 2. The van der Waals surface area contributed by atoms with Crippen LogP contribution in [0, 0.1) is 0 Å². The van der Waals surface area contributed by atoms with Gasteiger partial charge in [-0.3, -0.25) is 14.3 Å². The van der Waals surface area contributed by atoms with Crippen molar-refractivity contribution in [3.05, 3.63) is 32.6 Å². The van der Waals surface area contributed by atoms with Crippen molar-refractivity contribution in [2.75, 3.05) is 6.61 Å². The Morgan fingerprint density at radius 1 is 1.50 bits per heavy atom. The van der Waals surface area contributed by atoms with E-state index >= 15 is 0 Å². The van der Waals surface area contributed by atoms with E-state index in [9.17, 15) is 14.4 Å². The van der Waals surface area contributed by atoms with Gasteiger partial charge in [-0.25, -0.2) is 9.59 Å². The minimum atomic E-state index is -1.35. The van der Waals surface area contributed by atoms with Gasteiger partial charge in [-0.1, -0.05) is 0 Å². The minimum Gasteiger partial charge on any atom is -0.477 e. The fourth-order valence-corrected chi connectivity index (χ4v) is 1.97. The minimum absolute atomic E-state index is 0.107. The largest absolute Gasteiger partial charge is 0.477 e. The van der Waals surface area contributed by atoms with Crippen LogP contribution in [0.3, 0.4) is 0 Å². The molecule has 0 aromatic carbocycles. The molecule has 2 rings (SSSR count). The third-order valence-electron chi connectivity index (χ3n) is 2.92. The zero-order valence-corrected chi connectivity index (χ0v) is 9.72. The molecule has 1 aliphatic rings. The van der Waals surface area contributed by atoms with Gasteiger partial charge in [-0.2, -0.15) is 0 Å². The fourth-order valence-electron chi connectivity index (χ4n) is 1.97. The normalized spacial score (nSPS) is 19.7. The van der Waals surface area contributed by atoms with Gasteiger partial charge in [0.25, 0.3) is 5.56 Å². The lowest BCUT2D eigenvalue weighted by atomic mass is 10.1. The predicted molar refractivity (Wildman–Crippen MR) is 61.9 cm³/mol. The third-order valence-corrected chi connectivity index (χ3v) is 2.92. The number of hydrogen-bond acceptors (Lipinski definition) is 4. The lowest BCUT2D eigenvalue weighted by molar-refractivity contribution is 0.00510. The molecule has 18 heavy (non-hydrogen) atoms. The van der Waals surface area contributed by atoms with Crippen LogP contribution in [-0.4, -0.2) is 33.3 Å². The summed E-state index contributed by atoms with van der Waals surface area (Å²) in [7, 11) is 0. The first kappa shape index (κ1) is 12.6. The second-order valence-electron chi connectivity index (χ2n) is 4.25. The lowest BCUT2D eigenvalue weighted by Crippen LogP contribution is -2.37. The molecule has 2 heterocycles. The number of H-pyrrole nitrogens is 1. The van der Waals surface area contributed by atoms with Crippen molar-refractivity contribution in [1.29, 1.82) is 0 Å². The molecule has 1 aliphatic heterocycles. The van der Waals surface area contributed by atoms with E-state index in [2.05, 4.69) is 0 Å². The zero-order valence-electron chi connectivity index (χ0n) is 9.72. The van der Waals surface area contributed by atoms with Crippen LogP contribution >= 0.6 is 0 Å². The second-order valence-corrected chi connectivity index (χ2v) is 4.25. The Morgan fingerprint density at radius 2 is 2.28 bits per heavy atom. The van der Waals surface area contributed by atoms with E-state index in [1.807, 2.05) is 4.98 Å². The smallest absolute Gasteiger partial charge is 0.342 e. The summed E-state index contributed by atoms with van der Waals surface area (Å²) in [5.41, 5.74) is -1.93. The summed E-state index contributed by atoms with van der Waals surface area (Å²) in [5.74, 6) is -1.35. The van der Waals surface area contributed by atoms with E-state index < -0.39 is 22.8 Å². The molecular formula is C11H14N2O5. The number of aromatic amines is 1. The van der Waals surface area contributed by atoms with Gasteiger partial charge in [0.2, 0.25) is 0 Å². The highest BCUT2D eigenvalue weighted by Crippen LogP contribution is 2.13. The number of carboxylic acid groups (broad SMARTS) is 1. The molecule has 0 amide bonds. The van der Waals surface area contributed by atoms with Crippen LogP contribution < -0.4 is 11.2 Å². The first-order valence-corrected chi connectivity index (χ1v) is 5.76. The number of carbonyl (C=O) groups is 1. The Hall–Kier alpha value is -1.89. The van der Waals surface area contributed by atoms with E-state index in [1.54, 1.807) is 0 Å². The lowest BCUT2D eigenvalue weighted by Gasteiger charge is -2.23. The Kier molecular flexibility index (Phi) is 3.61. The van der Waals surface area contributed by atoms with Crippen LogP contribution in [-0.2, 0) is 11.3 Å². The van der Waals surface area contributed by atoms with Gasteiger partial charge < -0.3 is 9.84 Å². The average molecular weight is 254 g/mol. The predicted octanol–water partition coefficient (Wildman–Crippen LogP) is -0.196. The van der Waals surface area contributed by atoms with Crippen molar-refractivity contribution < 1.29 is 14.6 Å². The Balaban J connectivity index is 2.26. The van der Waals surface area contributed by atoms with Crippen LogP contribution in [0.15, 0.2) is 15.8 Å². The molecule has 7 heteroatoms. The van der Waals surface area contributed by atoms with Crippen molar-refractivity contribution in [3.8, 4) is 0 Å². The van der Waals surface area contributed by atoms with Crippen LogP contribution in [0.5, 0.6) is 0 Å². The van der Waals surface area contributed by atoms with Crippen molar-refractivity contribution in [1.82, 2.24) is 9.55 Å². The quantitative estimate of drug-likeness (QED) is 0.778. The molecule has 98 valence electrons. The van der Waals surface area contributed by atoms with Gasteiger partial charge in [-0.15, -0.1) is 0 Å². The maximum Gasteiger partial charge on any atom is 0.342 e. The van der Waals surface area contributed by atoms with E-state index in [0.29, 0.717) is 6.61 Å². The van der Waals surface area contributed by atoms with Gasteiger partial charge in [0, 0.05) is 12.8 Å². The topological polar surface area (TPSA) is 101 Å². The highest BCUT2D eigenvalue weighted by atomic mass is 16.5. The summed E-state index contributed by atoms with van der Waals surface area (Å²) in [4.78, 5) is 35.6. The molecule has 1 aromatic rings. The molecular weight excluding hydrogens is 240 g/mol. The maximum absolute atomic E-state index is 11.5. The number of carboxylic acids is 1. The molecule has 0 bridgehead atoms. The summed E-state index contributed by atoms with van der Waals surface area (Å²) < 4.78 is 6.65. The van der Waals surface area contributed by atoms with E-state index in [-0.39, 0.29) is 12.6 Å². The highest BCUT2D eigenvalue weighted by Gasteiger charge is 2.17. The van der Waals surface area contributed by atoms with Crippen LogP contribution in [0.25, 0.3) is 0 Å². The van der Waals surface area contributed by atoms with E-state index in [1.165, 1.54) is 4.57 Å². The molecule has 1 atom stereocenters. The van der Waals surface area contributed by atoms with Crippen LogP contribution in [0.4, 0.5) is 0 Å². The van der Waals surface area contributed by atoms with Gasteiger partial charge in [0.15, 0.2) is 0 Å². The Morgan fingerprint density at radius 3 is 2.89 bits per heavy atom. The maximum atomic E-state index is 11.5. The summed E-state index contributed by atoms with van der Waals surface area (Å²) in [5, 5.41) is 8.82. The molecule has 0 spiro atoms. The summed E-state index contributed by atoms with van der Waals surface area (Å²) in [6.07, 6.45) is 3.81. The molecule has 1 aromatic heterocycles. The van der Waals surface area contributed by atoms with Crippen LogP contribution in [0.1, 0.15) is 29.6 Å². The second kappa shape index (κ2) is 5.18. The average Bonchev–Trinajstić information content (AvgIpc) is 2.33. The number of nitrogens with one attached hydrogen (secondary N) is 1. The Bertz CT molecular complexity index is 553. The number of aromatic nitrogens is 2. The summed E-state index contributed by atoms with van der Waals surface area (Å²) >= 11 is 0. The first-order valence-electron chi connectivity index (χ1n) is 5.76. The number of aromatic carboxylic acids is 1. The van der Waals surface area contributed by atoms with Crippen LogP contribution in [0.2, 0.25) is 0 Å². The number of nitrogens with zero attached hydrogens (tertiary/aromatic N) is 1. The molecule has 7 nitrogen and oxygen atoms in total. The molecule has 1 unspecified atom stereocenters. The van der Waals surface area contributed by atoms with E-state index in [4.69, 9.17) is 9.84 Å². The molecule has 1 fully saturated rings. The monoisotopic (exact) mass is 254 g/mol.